The Hall–Kier alpha value is -1.26. The van der Waals surface area contributed by atoms with Crippen LogP contribution in [0.5, 0.6) is 5.75 Å². The van der Waals surface area contributed by atoms with E-state index in [1.807, 2.05) is 29.2 Å². The van der Waals surface area contributed by atoms with E-state index >= 15 is 0 Å². The highest BCUT2D eigenvalue weighted by molar-refractivity contribution is 5.97. The van der Waals surface area contributed by atoms with Crippen molar-refractivity contribution >= 4 is 24.0 Å². The number of rotatable bonds is 1. The van der Waals surface area contributed by atoms with Crippen LogP contribution < -0.4 is 15.0 Å². The molecule has 0 aromatic heterocycles. The van der Waals surface area contributed by atoms with Crippen molar-refractivity contribution in [2.45, 2.75) is 12.8 Å². The number of anilines is 1. The fourth-order valence-corrected chi connectivity index (χ4v) is 2.68. The van der Waals surface area contributed by atoms with Gasteiger partial charge in [-0.3, -0.25) is 4.79 Å². The zero-order chi connectivity index (χ0) is 12.4. The summed E-state index contributed by atoms with van der Waals surface area (Å²) in [5, 5.41) is 3.30. The van der Waals surface area contributed by atoms with Crippen LogP contribution in [0.15, 0.2) is 24.3 Å². The topological polar surface area (TPSA) is 41.6 Å². The molecule has 1 fully saturated rings. The van der Waals surface area contributed by atoms with E-state index in [0.717, 1.165) is 37.4 Å². The number of carbonyl (C=O) groups is 1. The summed E-state index contributed by atoms with van der Waals surface area (Å²) in [4.78, 5) is 14.4. The van der Waals surface area contributed by atoms with Gasteiger partial charge < -0.3 is 15.0 Å². The highest BCUT2D eigenvalue weighted by Gasteiger charge is 2.29. The maximum absolute atomic E-state index is 12.5. The summed E-state index contributed by atoms with van der Waals surface area (Å²) >= 11 is 0. The van der Waals surface area contributed by atoms with Crippen LogP contribution in [0.2, 0.25) is 0 Å². The van der Waals surface area contributed by atoms with Crippen molar-refractivity contribution in [3.05, 3.63) is 24.3 Å². The van der Waals surface area contributed by atoms with E-state index in [1.54, 1.807) is 0 Å². The van der Waals surface area contributed by atoms with Gasteiger partial charge >= 0.3 is 0 Å². The molecule has 2 aliphatic heterocycles. The van der Waals surface area contributed by atoms with Crippen LogP contribution in [0.3, 0.4) is 0 Å². The van der Waals surface area contributed by atoms with Crippen molar-refractivity contribution in [2.24, 2.45) is 5.92 Å². The largest absolute Gasteiger partial charge is 0.490 e. The minimum absolute atomic E-state index is 0. The molecule has 2 heterocycles. The maximum Gasteiger partial charge on any atom is 0.231 e. The van der Waals surface area contributed by atoms with Crippen molar-refractivity contribution in [2.75, 3.05) is 31.1 Å². The Bertz CT molecular complexity index is 447. The highest BCUT2D eigenvalue weighted by atomic mass is 35.5. The van der Waals surface area contributed by atoms with Gasteiger partial charge in [-0.2, -0.15) is 0 Å². The van der Waals surface area contributed by atoms with E-state index in [-0.39, 0.29) is 24.2 Å². The van der Waals surface area contributed by atoms with E-state index in [4.69, 9.17) is 4.74 Å². The number of nitrogens with one attached hydrogen (secondary N) is 1. The Balaban J connectivity index is 0.00000133. The second kappa shape index (κ2) is 6.26. The second-order valence-corrected chi connectivity index (χ2v) is 4.85. The number of piperidine rings is 1. The molecule has 1 N–H and O–H groups in total. The first-order valence-electron chi connectivity index (χ1n) is 6.60. The third-order valence-corrected chi connectivity index (χ3v) is 3.64. The first kappa shape index (κ1) is 14.2. The molecular weight excluding hydrogens is 264 g/mol. The predicted octanol–water partition coefficient (Wildman–Crippen LogP) is 1.83. The molecule has 4 nitrogen and oxygen atoms in total. The Morgan fingerprint density at radius 1 is 1.37 bits per heavy atom. The Kier molecular flexibility index (Phi) is 4.66. The van der Waals surface area contributed by atoms with Gasteiger partial charge in [0, 0.05) is 6.54 Å². The standard InChI is InChI=1S/C14H18N2O2.ClH/c17-14(11-4-3-7-15-10-11)16-8-9-18-13-6-2-1-5-12(13)16;/h1-2,5-6,11,15H,3-4,7-10H2;1H/t11-;/m1./s1. The van der Waals surface area contributed by atoms with Gasteiger partial charge in [-0.1, -0.05) is 12.1 Å². The number of ether oxygens (including phenoxy) is 1. The summed E-state index contributed by atoms with van der Waals surface area (Å²) in [6.45, 7) is 3.08. The van der Waals surface area contributed by atoms with Crippen LogP contribution in [-0.4, -0.2) is 32.1 Å². The zero-order valence-corrected chi connectivity index (χ0v) is 11.6. The molecule has 0 bridgehead atoms. The van der Waals surface area contributed by atoms with Crippen molar-refractivity contribution in [3.63, 3.8) is 0 Å². The van der Waals surface area contributed by atoms with Gasteiger partial charge in [-0.05, 0) is 31.5 Å². The second-order valence-electron chi connectivity index (χ2n) is 4.85. The summed E-state index contributed by atoms with van der Waals surface area (Å²) in [5.74, 6) is 1.17. The molecule has 3 rings (SSSR count). The molecule has 2 aliphatic rings. The third-order valence-electron chi connectivity index (χ3n) is 3.64. The molecule has 5 heteroatoms. The molecule has 0 saturated carbocycles. The molecule has 1 atom stereocenters. The van der Waals surface area contributed by atoms with Crippen LogP contribution in [-0.2, 0) is 4.79 Å². The molecule has 104 valence electrons. The summed E-state index contributed by atoms with van der Waals surface area (Å²) < 4.78 is 5.58. The van der Waals surface area contributed by atoms with E-state index < -0.39 is 0 Å². The van der Waals surface area contributed by atoms with Crippen LogP contribution in [0.1, 0.15) is 12.8 Å². The van der Waals surface area contributed by atoms with Gasteiger partial charge in [-0.15, -0.1) is 12.4 Å². The lowest BCUT2D eigenvalue weighted by molar-refractivity contribution is -0.123. The molecule has 0 aliphatic carbocycles. The van der Waals surface area contributed by atoms with E-state index in [9.17, 15) is 4.79 Å². The molecule has 1 saturated heterocycles. The Labute approximate surface area is 119 Å². The number of hydrogen-bond donors (Lipinski definition) is 1. The lowest BCUT2D eigenvalue weighted by Crippen LogP contribution is -2.46. The molecular formula is C14H19ClN2O2. The summed E-state index contributed by atoms with van der Waals surface area (Å²) in [7, 11) is 0. The van der Waals surface area contributed by atoms with Gasteiger partial charge in [0.15, 0.2) is 0 Å². The van der Waals surface area contributed by atoms with Crippen molar-refractivity contribution in [1.29, 1.82) is 0 Å². The molecule has 0 unspecified atom stereocenters. The molecule has 1 amide bonds. The van der Waals surface area contributed by atoms with Gasteiger partial charge in [0.2, 0.25) is 5.91 Å². The molecule has 19 heavy (non-hydrogen) atoms. The van der Waals surface area contributed by atoms with E-state index in [1.165, 1.54) is 0 Å². The van der Waals surface area contributed by atoms with Crippen LogP contribution >= 0.6 is 12.4 Å². The quantitative estimate of drug-likeness (QED) is 0.854. The number of nitrogens with zero attached hydrogens (tertiary/aromatic N) is 1. The van der Waals surface area contributed by atoms with Gasteiger partial charge in [0.25, 0.3) is 0 Å². The summed E-state index contributed by atoms with van der Waals surface area (Å²) in [5.41, 5.74) is 0.916. The van der Waals surface area contributed by atoms with Gasteiger partial charge in [0.1, 0.15) is 12.4 Å². The number of para-hydroxylation sites is 2. The fraction of sp³-hybridized carbons (Fsp3) is 0.500. The van der Waals surface area contributed by atoms with Crippen molar-refractivity contribution in [3.8, 4) is 5.75 Å². The predicted molar refractivity (Wildman–Crippen MR) is 77.1 cm³/mol. The molecule has 0 spiro atoms. The Morgan fingerprint density at radius 2 is 2.21 bits per heavy atom. The highest BCUT2D eigenvalue weighted by Crippen LogP contribution is 2.32. The smallest absolute Gasteiger partial charge is 0.231 e. The van der Waals surface area contributed by atoms with E-state index in [2.05, 4.69) is 5.32 Å². The lowest BCUT2D eigenvalue weighted by Gasteiger charge is -2.33. The van der Waals surface area contributed by atoms with Crippen LogP contribution in [0.25, 0.3) is 0 Å². The molecule has 1 aromatic rings. The van der Waals surface area contributed by atoms with Crippen molar-refractivity contribution < 1.29 is 9.53 Å². The number of hydrogen-bond acceptors (Lipinski definition) is 3. The normalized spacial score (nSPS) is 21.9. The number of halogens is 1. The fourth-order valence-electron chi connectivity index (χ4n) is 2.68. The molecule has 0 radical (unpaired) electrons. The Morgan fingerprint density at radius 3 is 3.00 bits per heavy atom. The third kappa shape index (κ3) is 2.85. The number of amides is 1. The average molecular weight is 283 g/mol. The van der Waals surface area contributed by atoms with E-state index in [0.29, 0.717) is 13.2 Å². The first-order chi connectivity index (χ1) is 8.86. The number of fused-ring (bicyclic) bond motifs is 1. The summed E-state index contributed by atoms with van der Waals surface area (Å²) in [6, 6.07) is 7.78. The summed E-state index contributed by atoms with van der Waals surface area (Å²) in [6.07, 6.45) is 2.08. The zero-order valence-electron chi connectivity index (χ0n) is 10.8. The SMILES string of the molecule is Cl.O=C([C@@H]1CCCNC1)N1CCOc2ccccc21. The number of benzene rings is 1. The maximum atomic E-state index is 12.5. The van der Waals surface area contributed by atoms with Crippen LogP contribution in [0.4, 0.5) is 5.69 Å². The average Bonchev–Trinajstić information content (AvgIpc) is 2.47. The lowest BCUT2D eigenvalue weighted by atomic mass is 9.97. The number of carbonyl (C=O) groups excluding carboxylic acids is 1. The molecule has 1 aromatic carbocycles. The minimum atomic E-state index is 0. The minimum Gasteiger partial charge on any atom is -0.490 e. The van der Waals surface area contributed by atoms with Crippen molar-refractivity contribution in [1.82, 2.24) is 5.32 Å². The first-order valence-corrected chi connectivity index (χ1v) is 6.60. The van der Waals surface area contributed by atoms with Crippen LogP contribution in [0, 0.1) is 5.92 Å². The monoisotopic (exact) mass is 282 g/mol. The van der Waals surface area contributed by atoms with Gasteiger partial charge in [-0.25, -0.2) is 0 Å². The van der Waals surface area contributed by atoms with Gasteiger partial charge in [0.05, 0.1) is 18.2 Å².